The van der Waals surface area contributed by atoms with Gasteiger partial charge in [0.05, 0.1) is 15.0 Å². The summed E-state index contributed by atoms with van der Waals surface area (Å²) in [5.41, 5.74) is 7.59. The van der Waals surface area contributed by atoms with Crippen molar-refractivity contribution in [2.24, 2.45) is 0 Å². The lowest BCUT2D eigenvalue weighted by Crippen LogP contribution is -2.12. The van der Waals surface area contributed by atoms with Crippen molar-refractivity contribution in [3.63, 3.8) is 0 Å². The molecule has 18 heavy (non-hydrogen) atoms. The van der Waals surface area contributed by atoms with E-state index in [2.05, 4.69) is 53.1 Å². The van der Waals surface area contributed by atoms with Crippen LogP contribution in [0.5, 0.6) is 0 Å². The molecular formula is C11H7Br3N2OS. The van der Waals surface area contributed by atoms with E-state index >= 15 is 0 Å². The van der Waals surface area contributed by atoms with Gasteiger partial charge in [-0.15, -0.1) is 11.3 Å². The number of anilines is 2. The Bertz CT molecular complexity index is 589. The zero-order chi connectivity index (χ0) is 13.3. The number of benzene rings is 1. The van der Waals surface area contributed by atoms with Crippen LogP contribution in [0.2, 0.25) is 0 Å². The van der Waals surface area contributed by atoms with Crippen LogP contribution >= 0.6 is 59.1 Å². The van der Waals surface area contributed by atoms with Gasteiger partial charge in [-0.1, -0.05) is 0 Å². The van der Waals surface area contributed by atoms with E-state index in [1.807, 2.05) is 0 Å². The fourth-order valence-corrected chi connectivity index (χ4v) is 3.88. The minimum atomic E-state index is -0.164. The molecule has 0 saturated heterocycles. The highest BCUT2D eigenvalue weighted by molar-refractivity contribution is 9.11. The molecule has 1 heterocycles. The molecule has 0 fully saturated rings. The van der Waals surface area contributed by atoms with Gasteiger partial charge in [0.1, 0.15) is 0 Å². The third-order valence-electron chi connectivity index (χ3n) is 2.13. The summed E-state index contributed by atoms with van der Waals surface area (Å²) in [5.74, 6) is -0.164. The maximum Gasteiger partial charge on any atom is 0.256 e. The second-order valence-electron chi connectivity index (χ2n) is 3.45. The monoisotopic (exact) mass is 452 g/mol. The standard InChI is InChI=1S/C11H7Br3N2OS/c12-7-2-6(15)3-8(13)10(7)16-11(17)5-1-9(14)18-4-5/h1-4H,15H2,(H,16,17). The van der Waals surface area contributed by atoms with E-state index in [0.717, 1.165) is 12.7 Å². The Hall–Kier alpha value is -0.370. The van der Waals surface area contributed by atoms with Crippen molar-refractivity contribution in [1.82, 2.24) is 0 Å². The number of amides is 1. The molecular weight excluding hydrogens is 448 g/mol. The van der Waals surface area contributed by atoms with Crippen LogP contribution < -0.4 is 11.1 Å². The van der Waals surface area contributed by atoms with Crippen molar-refractivity contribution >= 4 is 76.4 Å². The number of thiophene rings is 1. The van der Waals surface area contributed by atoms with Crippen molar-refractivity contribution in [2.75, 3.05) is 11.1 Å². The molecule has 0 aliphatic carbocycles. The second kappa shape index (κ2) is 5.73. The predicted octanol–water partition coefficient (Wildman–Crippen LogP) is 4.87. The first-order valence-electron chi connectivity index (χ1n) is 4.77. The summed E-state index contributed by atoms with van der Waals surface area (Å²) in [7, 11) is 0. The first-order valence-corrected chi connectivity index (χ1v) is 8.03. The molecule has 0 aliphatic heterocycles. The van der Waals surface area contributed by atoms with Gasteiger partial charge in [-0.05, 0) is 66.0 Å². The summed E-state index contributed by atoms with van der Waals surface area (Å²) in [6.45, 7) is 0. The van der Waals surface area contributed by atoms with Gasteiger partial charge in [0.2, 0.25) is 0 Å². The number of hydrogen-bond acceptors (Lipinski definition) is 3. The number of hydrogen-bond donors (Lipinski definition) is 2. The van der Waals surface area contributed by atoms with Crippen molar-refractivity contribution in [3.8, 4) is 0 Å². The first-order chi connectivity index (χ1) is 8.47. The Kier molecular flexibility index (Phi) is 4.47. The maximum atomic E-state index is 12.0. The molecule has 0 radical (unpaired) electrons. The number of rotatable bonds is 2. The molecule has 0 unspecified atom stereocenters. The SMILES string of the molecule is Nc1cc(Br)c(NC(=O)c2csc(Br)c2)c(Br)c1. The molecule has 0 bridgehead atoms. The summed E-state index contributed by atoms with van der Waals surface area (Å²) >= 11 is 11.5. The largest absolute Gasteiger partial charge is 0.399 e. The lowest BCUT2D eigenvalue weighted by atomic mass is 10.2. The molecule has 2 rings (SSSR count). The minimum absolute atomic E-state index is 0.164. The number of carbonyl (C=O) groups excluding carboxylic acids is 1. The Balaban J connectivity index is 2.27. The zero-order valence-corrected chi connectivity index (χ0v) is 14.4. The molecule has 3 nitrogen and oxygen atoms in total. The van der Waals surface area contributed by atoms with E-state index in [0.29, 0.717) is 16.9 Å². The third kappa shape index (κ3) is 3.14. The molecule has 1 aromatic heterocycles. The van der Waals surface area contributed by atoms with E-state index in [-0.39, 0.29) is 5.91 Å². The van der Waals surface area contributed by atoms with Crippen molar-refractivity contribution in [2.45, 2.75) is 0 Å². The molecule has 0 saturated carbocycles. The number of carbonyl (C=O) groups is 1. The van der Waals surface area contributed by atoms with Gasteiger partial charge in [0, 0.05) is 20.0 Å². The molecule has 94 valence electrons. The van der Waals surface area contributed by atoms with Crippen LogP contribution in [0.25, 0.3) is 0 Å². The predicted molar refractivity (Wildman–Crippen MR) is 86.2 cm³/mol. The van der Waals surface area contributed by atoms with Gasteiger partial charge in [-0.2, -0.15) is 0 Å². The summed E-state index contributed by atoms with van der Waals surface area (Å²) in [6, 6.07) is 5.26. The Morgan fingerprint density at radius 3 is 2.28 bits per heavy atom. The molecule has 1 amide bonds. The Morgan fingerprint density at radius 2 is 1.78 bits per heavy atom. The van der Waals surface area contributed by atoms with Crippen LogP contribution in [0.15, 0.2) is 36.3 Å². The fraction of sp³-hybridized carbons (Fsp3) is 0. The minimum Gasteiger partial charge on any atom is -0.399 e. The van der Waals surface area contributed by atoms with Crippen LogP contribution in [0.3, 0.4) is 0 Å². The highest BCUT2D eigenvalue weighted by Gasteiger charge is 2.13. The first kappa shape index (κ1) is 14.0. The topological polar surface area (TPSA) is 55.1 Å². The van der Waals surface area contributed by atoms with Crippen LogP contribution in [-0.4, -0.2) is 5.91 Å². The van der Waals surface area contributed by atoms with Crippen molar-refractivity contribution in [1.29, 1.82) is 0 Å². The highest BCUT2D eigenvalue weighted by atomic mass is 79.9. The van der Waals surface area contributed by atoms with Gasteiger partial charge >= 0.3 is 0 Å². The molecule has 3 N–H and O–H groups in total. The average molecular weight is 455 g/mol. The van der Waals surface area contributed by atoms with E-state index in [1.165, 1.54) is 11.3 Å². The van der Waals surface area contributed by atoms with Gasteiger partial charge in [0.15, 0.2) is 0 Å². The average Bonchev–Trinajstić information content (AvgIpc) is 2.70. The highest BCUT2D eigenvalue weighted by Crippen LogP contribution is 2.34. The quantitative estimate of drug-likeness (QED) is 0.636. The Labute approximate surface area is 133 Å². The van der Waals surface area contributed by atoms with Crippen LogP contribution in [0, 0.1) is 0 Å². The number of nitrogens with one attached hydrogen (secondary N) is 1. The second-order valence-corrected chi connectivity index (χ2v) is 7.45. The van der Waals surface area contributed by atoms with E-state index in [9.17, 15) is 4.79 Å². The van der Waals surface area contributed by atoms with Crippen LogP contribution in [0.4, 0.5) is 11.4 Å². The fourth-order valence-electron chi connectivity index (χ4n) is 1.33. The lowest BCUT2D eigenvalue weighted by molar-refractivity contribution is 0.102. The van der Waals surface area contributed by atoms with E-state index in [4.69, 9.17) is 5.73 Å². The van der Waals surface area contributed by atoms with E-state index in [1.54, 1.807) is 23.6 Å². The lowest BCUT2D eigenvalue weighted by Gasteiger charge is -2.09. The third-order valence-corrected chi connectivity index (χ3v) is 4.89. The van der Waals surface area contributed by atoms with Gasteiger partial charge in [-0.25, -0.2) is 0 Å². The van der Waals surface area contributed by atoms with Crippen LogP contribution in [0.1, 0.15) is 10.4 Å². The Morgan fingerprint density at radius 1 is 1.17 bits per heavy atom. The number of nitrogens with two attached hydrogens (primary N) is 1. The molecule has 2 aromatic rings. The summed E-state index contributed by atoms with van der Waals surface area (Å²) < 4.78 is 2.39. The zero-order valence-electron chi connectivity index (χ0n) is 8.84. The number of nitrogen functional groups attached to an aromatic ring is 1. The van der Waals surface area contributed by atoms with Gasteiger partial charge in [-0.3, -0.25) is 4.79 Å². The summed E-state index contributed by atoms with van der Waals surface area (Å²) in [5, 5.41) is 4.62. The summed E-state index contributed by atoms with van der Waals surface area (Å²) in [6.07, 6.45) is 0. The number of halogens is 3. The summed E-state index contributed by atoms with van der Waals surface area (Å²) in [4.78, 5) is 12.0. The molecule has 0 aliphatic rings. The molecule has 0 spiro atoms. The van der Waals surface area contributed by atoms with Gasteiger partial charge in [0.25, 0.3) is 5.91 Å². The smallest absolute Gasteiger partial charge is 0.256 e. The van der Waals surface area contributed by atoms with Crippen molar-refractivity contribution < 1.29 is 4.79 Å². The maximum absolute atomic E-state index is 12.0. The van der Waals surface area contributed by atoms with Crippen molar-refractivity contribution in [3.05, 3.63) is 41.9 Å². The molecule has 7 heteroatoms. The van der Waals surface area contributed by atoms with Crippen LogP contribution in [-0.2, 0) is 0 Å². The molecule has 0 atom stereocenters. The van der Waals surface area contributed by atoms with E-state index < -0.39 is 0 Å². The molecule has 1 aromatic carbocycles. The normalized spacial score (nSPS) is 10.4. The van der Waals surface area contributed by atoms with Gasteiger partial charge < -0.3 is 11.1 Å².